The molecule has 0 aromatic carbocycles. The molecule has 27 heteroatoms. The first-order chi connectivity index (χ1) is 37.1. The number of allylic oxidation sites excluding steroid dienone is 2. The van der Waals surface area contributed by atoms with Crippen LogP contribution in [0.3, 0.4) is 0 Å². The van der Waals surface area contributed by atoms with Crippen molar-refractivity contribution in [2.75, 3.05) is 19.8 Å². The van der Waals surface area contributed by atoms with Gasteiger partial charge in [-0.25, -0.2) is 9.59 Å². The predicted molar refractivity (Wildman–Crippen MR) is 257 cm³/mol. The fourth-order valence-corrected chi connectivity index (χ4v) is 12.3. The third kappa shape index (κ3) is 14.6. The fraction of sp³-hybridized carbons (Fsp3) is 0.882. The molecule has 4 saturated carbocycles. The number of fused-ring (bicyclic) bond motifs is 1. The third-order valence-corrected chi connectivity index (χ3v) is 17.0. The van der Waals surface area contributed by atoms with Gasteiger partial charge in [0.25, 0.3) is 0 Å². The molecule has 4 aliphatic heterocycles. The maximum atomic E-state index is 13.1. The van der Waals surface area contributed by atoms with Gasteiger partial charge in [-0.05, 0) is 76.0 Å². The number of aliphatic hydroxyl groups is 18. The summed E-state index contributed by atoms with van der Waals surface area (Å²) in [6.07, 6.45) is -29.7. The molecule has 0 bridgehead atoms. The molecule has 8 fully saturated rings. The maximum Gasteiger partial charge on any atom is 0.330 e. The first-order valence-electron chi connectivity index (χ1n) is 27.2. The lowest BCUT2D eigenvalue weighted by atomic mass is 9.72. The van der Waals surface area contributed by atoms with Crippen molar-refractivity contribution in [1.82, 2.24) is 0 Å². The van der Waals surface area contributed by atoms with Gasteiger partial charge in [-0.3, -0.25) is 0 Å². The van der Waals surface area contributed by atoms with Gasteiger partial charge in [0.2, 0.25) is 0 Å². The zero-order chi connectivity index (χ0) is 56.3. The van der Waals surface area contributed by atoms with Gasteiger partial charge in [0.1, 0.15) is 92.6 Å². The number of hydrogen-bond acceptors (Lipinski definition) is 26. The van der Waals surface area contributed by atoms with Crippen LogP contribution in [0.2, 0.25) is 0 Å². The molecular weight excluding hydrogens is 1040 g/mol. The van der Waals surface area contributed by atoms with Gasteiger partial charge < -0.3 is 124 Å². The summed E-state index contributed by atoms with van der Waals surface area (Å²) in [6, 6.07) is 0. The van der Waals surface area contributed by atoms with E-state index in [1.54, 1.807) is 0 Å². The highest BCUT2D eigenvalue weighted by Crippen LogP contribution is 2.44. The van der Waals surface area contributed by atoms with Crippen molar-refractivity contribution in [3.05, 3.63) is 24.3 Å². The summed E-state index contributed by atoms with van der Waals surface area (Å²) in [5, 5.41) is 171. The molecule has 8 aliphatic rings. The van der Waals surface area contributed by atoms with Gasteiger partial charge in [0.05, 0.1) is 61.4 Å². The molecule has 0 radical (unpaired) electrons. The van der Waals surface area contributed by atoms with Gasteiger partial charge in [0.15, 0.2) is 31.1 Å². The molecule has 4 heterocycles. The second kappa shape index (κ2) is 27.3. The Morgan fingerprint density at radius 1 is 0.462 bits per heavy atom. The average molecular weight is 1130 g/mol. The van der Waals surface area contributed by atoms with Crippen molar-refractivity contribution < 1.29 is 134 Å². The number of esters is 2. The zero-order valence-corrected chi connectivity index (χ0v) is 42.9. The van der Waals surface area contributed by atoms with Crippen LogP contribution in [0.4, 0.5) is 0 Å². The van der Waals surface area contributed by atoms with Crippen LogP contribution >= 0.6 is 0 Å². The summed E-state index contributed by atoms with van der Waals surface area (Å²) >= 11 is 0. The molecule has 446 valence electrons. The Kier molecular flexibility index (Phi) is 21.5. The SMILES string of the molecule is O=C(C=CC1CCC(O)C(O)C1)OC[C@H]1O[C@@H](O[C@H]2[C@H](OC3CC4C(O[C@@H]5O[C@H](CO)[C@@H](O)[C@H](O)[C@H]5O)CC(O)CC4[OH+]C3C3CCC(O)C(O)C3)O[C@H](COC(=O)C=CC3CCC(O)C(O)C3)[C@@H](O)[C@@H]2O)[C@H](O)[C@@H](O)[C@@H]1O. The second-order valence-corrected chi connectivity index (χ2v) is 22.5. The average Bonchev–Trinajstić information content (AvgIpc) is 3.48. The fourth-order valence-electron chi connectivity index (χ4n) is 12.3. The van der Waals surface area contributed by atoms with E-state index in [0.29, 0.717) is 32.1 Å². The van der Waals surface area contributed by atoms with Crippen molar-refractivity contribution in [3.63, 3.8) is 0 Å². The molecule has 0 amide bonds. The Morgan fingerprint density at radius 2 is 0.936 bits per heavy atom. The van der Waals surface area contributed by atoms with E-state index in [4.69, 9.17) is 42.6 Å². The normalized spacial score (nSPS) is 49.5. The lowest BCUT2D eigenvalue weighted by molar-refractivity contribution is -0.390. The molecule has 78 heavy (non-hydrogen) atoms. The Balaban J connectivity index is 1.04. The maximum absolute atomic E-state index is 13.1. The van der Waals surface area contributed by atoms with E-state index in [1.165, 1.54) is 12.2 Å². The van der Waals surface area contributed by atoms with Crippen molar-refractivity contribution >= 4 is 11.9 Å². The van der Waals surface area contributed by atoms with Crippen LogP contribution in [0.5, 0.6) is 0 Å². The highest BCUT2D eigenvalue weighted by Gasteiger charge is 2.58. The van der Waals surface area contributed by atoms with Crippen LogP contribution < -0.4 is 0 Å². The minimum absolute atomic E-state index is 0.00993. The summed E-state index contributed by atoms with van der Waals surface area (Å²) in [5.74, 6) is -3.47. The van der Waals surface area contributed by atoms with Gasteiger partial charge >= 0.3 is 11.9 Å². The summed E-state index contributed by atoms with van der Waals surface area (Å²) in [4.78, 5) is 25.9. The van der Waals surface area contributed by atoms with E-state index in [0.717, 1.165) is 12.2 Å². The number of ether oxygens (including phenoxy) is 9. The molecule has 0 spiro atoms. The zero-order valence-electron chi connectivity index (χ0n) is 42.9. The largest absolute Gasteiger partial charge is 0.460 e. The van der Waals surface area contributed by atoms with Gasteiger partial charge in [-0.15, -0.1) is 0 Å². The first kappa shape index (κ1) is 61.6. The highest BCUT2D eigenvalue weighted by atomic mass is 16.8. The van der Waals surface area contributed by atoms with Crippen LogP contribution in [0.15, 0.2) is 24.3 Å². The Morgan fingerprint density at radius 3 is 1.47 bits per heavy atom. The van der Waals surface area contributed by atoms with Crippen LogP contribution in [0.1, 0.15) is 77.0 Å². The van der Waals surface area contributed by atoms with Crippen molar-refractivity contribution in [2.45, 2.75) is 236 Å². The second-order valence-electron chi connectivity index (χ2n) is 22.5. The van der Waals surface area contributed by atoms with Gasteiger partial charge in [-0.1, -0.05) is 12.2 Å². The molecule has 17 N–H and O–H groups in total. The summed E-state index contributed by atoms with van der Waals surface area (Å²) < 4.78 is 52.9. The molecule has 4 saturated heterocycles. The van der Waals surface area contributed by atoms with E-state index in [-0.39, 0.29) is 56.8 Å². The molecule has 0 aromatic rings. The van der Waals surface area contributed by atoms with Gasteiger partial charge in [-0.2, -0.15) is 0 Å². The standard InChI is InChI=1S/C51H80O27/c52-17-34-39(62)42(65)45(68)49(75-34)73-32-15-23(53)14-31-24(32)16-33(47(72-31)22-5-8-27(56)30(59)13-22)74-51-48(44(67)41(64)36(77-51)19-71-38(61)10-4-21-2-7-26(55)29(58)12-21)78-50-46(69)43(66)40(63)35(76-50)18-70-37(60)9-3-20-1-6-25(54)28(57)11-20/h3-4,9-10,20-36,39-59,62-69H,1-2,5-8,11-19H2/p+1/t20?,21?,22?,23?,24?,25?,26?,27?,28?,29?,30?,31?,32?,33?,34-,35-,36-,39-,40-,41-,42+,43+,44+,45-,46-,47?,48-,49-,50+,51-/m1/s1. The van der Waals surface area contributed by atoms with Crippen LogP contribution in [0.25, 0.3) is 0 Å². The smallest absolute Gasteiger partial charge is 0.330 e. The van der Waals surface area contributed by atoms with E-state index >= 15 is 0 Å². The molecule has 30 atom stereocenters. The van der Waals surface area contributed by atoms with E-state index in [2.05, 4.69) is 0 Å². The first-order valence-corrected chi connectivity index (χ1v) is 27.2. The lowest BCUT2D eigenvalue weighted by Crippen LogP contribution is -2.66. The van der Waals surface area contributed by atoms with E-state index in [1.807, 2.05) is 0 Å². The monoisotopic (exact) mass is 1130 g/mol. The number of aliphatic hydroxyl groups excluding tert-OH is 16. The number of hydrogen-bond donors (Lipinski definition) is 16. The third-order valence-electron chi connectivity index (χ3n) is 17.0. The van der Waals surface area contributed by atoms with Crippen molar-refractivity contribution in [3.8, 4) is 0 Å². The predicted octanol–water partition coefficient (Wildman–Crippen LogP) is -6.60. The van der Waals surface area contributed by atoms with Crippen molar-refractivity contribution in [1.29, 1.82) is 0 Å². The lowest BCUT2D eigenvalue weighted by Gasteiger charge is -2.50. The molecular formula is C51H81O27+. The van der Waals surface area contributed by atoms with E-state index in [9.17, 15) is 91.3 Å². The minimum Gasteiger partial charge on any atom is -0.460 e. The number of carbonyl (C=O) groups excluding carboxylic acids is 2. The van der Waals surface area contributed by atoms with E-state index < -0.39 is 203 Å². The molecule has 4 aliphatic carbocycles. The van der Waals surface area contributed by atoms with Crippen LogP contribution in [-0.2, 0) is 47.5 Å². The van der Waals surface area contributed by atoms with Crippen molar-refractivity contribution in [2.24, 2.45) is 23.7 Å². The highest BCUT2D eigenvalue weighted by molar-refractivity contribution is 5.82. The molecule has 27 nitrogen and oxygen atoms in total. The quantitative estimate of drug-likeness (QED) is 0.0388. The number of carbonyl (C=O) groups is 2. The Hall–Kier alpha value is -2.50. The minimum atomic E-state index is -2.06. The van der Waals surface area contributed by atoms with Gasteiger partial charge in [0, 0.05) is 30.9 Å². The Bertz CT molecular complexity index is 1980. The molecule has 8 rings (SSSR count). The Labute approximate surface area is 449 Å². The van der Waals surface area contributed by atoms with Crippen LogP contribution in [0, 0.1) is 23.7 Å². The summed E-state index contributed by atoms with van der Waals surface area (Å²) in [6.45, 7) is -2.14. The topological polar surface area (TPSA) is 444 Å². The molecule has 15 unspecified atom stereocenters. The summed E-state index contributed by atoms with van der Waals surface area (Å²) in [7, 11) is 0. The summed E-state index contributed by atoms with van der Waals surface area (Å²) in [5.41, 5.74) is 0. The molecule has 0 aromatic heterocycles. The number of rotatable bonds is 16. The van der Waals surface area contributed by atoms with Crippen LogP contribution in [-0.4, -0.2) is 277 Å².